The molecule has 3 N–H and O–H groups in total. The Morgan fingerprint density at radius 3 is 2.62 bits per heavy atom. The maximum absolute atomic E-state index is 10.3. The van der Waals surface area contributed by atoms with Gasteiger partial charge >= 0.3 is 0 Å². The topological polar surface area (TPSA) is 56.6 Å². The third-order valence-corrected chi connectivity index (χ3v) is 5.11. The number of nitrogens with one attached hydrogen (secondary N) is 2. The molecule has 26 heavy (non-hydrogen) atoms. The Morgan fingerprint density at radius 1 is 1.04 bits per heavy atom. The first-order valence-corrected chi connectivity index (χ1v) is 9.65. The molecule has 2 aromatic carbocycles. The molecule has 0 saturated heterocycles. The molecule has 1 aromatic heterocycles. The van der Waals surface area contributed by atoms with Gasteiger partial charge in [0, 0.05) is 10.9 Å². The van der Waals surface area contributed by atoms with Gasteiger partial charge in [-0.25, -0.2) is 4.99 Å². The number of rotatable bonds is 5. The summed E-state index contributed by atoms with van der Waals surface area (Å²) in [6, 6.07) is 20.3. The van der Waals surface area contributed by atoms with Crippen LogP contribution in [0.1, 0.15) is 17.7 Å². The number of nitrogens with zero attached hydrogens (tertiary/aromatic N) is 1. The molecule has 0 unspecified atom stereocenters. The lowest BCUT2D eigenvalue weighted by Gasteiger charge is -2.14. The summed E-state index contributed by atoms with van der Waals surface area (Å²) >= 11 is 1.70. The van der Waals surface area contributed by atoms with Crippen LogP contribution in [0.3, 0.4) is 0 Å². The van der Waals surface area contributed by atoms with Gasteiger partial charge in [0.15, 0.2) is 5.96 Å². The van der Waals surface area contributed by atoms with E-state index in [1.807, 2.05) is 36.4 Å². The number of anilines is 1. The number of aliphatic imine (C=N–C) groups is 1. The molecule has 132 valence electrons. The van der Waals surface area contributed by atoms with Gasteiger partial charge in [-0.1, -0.05) is 42.5 Å². The normalized spacial score (nSPS) is 14.2. The number of hydrogen-bond donors (Lipinski definition) is 3. The zero-order valence-electron chi connectivity index (χ0n) is 14.4. The molecule has 1 saturated carbocycles. The Bertz CT molecular complexity index is 887. The quantitative estimate of drug-likeness (QED) is 0.345. The molecule has 0 aliphatic heterocycles. The van der Waals surface area contributed by atoms with Crippen molar-refractivity contribution in [2.75, 3.05) is 5.32 Å². The molecule has 1 aliphatic carbocycles. The Labute approximate surface area is 157 Å². The highest BCUT2D eigenvalue weighted by atomic mass is 32.1. The summed E-state index contributed by atoms with van der Waals surface area (Å²) in [5.74, 6) is 0.924. The first-order valence-electron chi connectivity index (χ1n) is 8.77. The van der Waals surface area contributed by atoms with Gasteiger partial charge in [-0.3, -0.25) is 0 Å². The molecule has 0 spiro atoms. The van der Waals surface area contributed by atoms with Gasteiger partial charge in [-0.15, -0.1) is 11.3 Å². The fourth-order valence-electron chi connectivity index (χ4n) is 2.68. The minimum absolute atomic E-state index is 0.214. The molecule has 0 bridgehead atoms. The van der Waals surface area contributed by atoms with Crippen molar-refractivity contribution < 1.29 is 5.11 Å². The van der Waals surface area contributed by atoms with E-state index in [0.29, 0.717) is 24.2 Å². The molecule has 1 heterocycles. The molecule has 3 aromatic rings. The van der Waals surface area contributed by atoms with E-state index in [9.17, 15) is 5.11 Å². The second-order valence-electron chi connectivity index (χ2n) is 6.39. The minimum Gasteiger partial charge on any atom is -0.506 e. The average Bonchev–Trinajstić information content (AvgIpc) is 3.33. The second kappa shape index (κ2) is 7.62. The summed E-state index contributed by atoms with van der Waals surface area (Å²) in [7, 11) is 0. The number of phenols is 1. The molecule has 0 radical (unpaired) electrons. The van der Waals surface area contributed by atoms with Crippen LogP contribution in [0.4, 0.5) is 5.69 Å². The van der Waals surface area contributed by atoms with Crippen LogP contribution in [-0.4, -0.2) is 17.1 Å². The third-order valence-electron chi connectivity index (χ3n) is 4.25. The van der Waals surface area contributed by atoms with Gasteiger partial charge in [0.2, 0.25) is 0 Å². The fraction of sp³-hybridized carbons (Fsp3) is 0.190. The van der Waals surface area contributed by atoms with E-state index in [1.165, 1.54) is 4.88 Å². The summed E-state index contributed by atoms with van der Waals surface area (Å²) in [5.41, 5.74) is 2.82. The lowest BCUT2D eigenvalue weighted by Crippen LogP contribution is -2.32. The van der Waals surface area contributed by atoms with Crippen molar-refractivity contribution in [2.24, 2.45) is 4.99 Å². The Kier molecular flexibility index (Phi) is 4.88. The second-order valence-corrected chi connectivity index (χ2v) is 7.42. The Balaban J connectivity index is 1.57. The van der Waals surface area contributed by atoms with Gasteiger partial charge < -0.3 is 15.7 Å². The number of benzene rings is 2. The summed E-state index contributed by atoms with van der Waals surface area (Å²) in [5, 5.41) is 19.1. The van der Waals surface area contributed by atoms with Gasteiger partial charge in [-0.2, -0.15) is 0 Å². The highest BCUT2D eigenvalue weighted by Gasteiger charge is 2.22. The molecule has 4 nitrogen and oxygen atoms in total. The fourth-order valence-corrected chi connectivity index (χ4v) is 3.30. The predicted molar refractivity (Wildman–Crippen MR) is 109 cm³/mol. The van der Waals surface area contributed by atoms with Crippen molar-refractivity contribution >= 4 is 23.0 Å². The van der Waals surface area contributed by atoms with Crippen molar-refractivity contribution in [2.45, 2.75) is 25.4 Å². The summed E-state index contributed by atoms with van der Waals surface area (Å²) < 4.78 is 0. The summed E-state index contributed by atoms with van der Waals surface area (Å²) in [4.78, 5) is 5.89. The van der Waals surface area contributed by atoms with E-state index in [2.05, 4.69) is 39.2 Å². The van der Waals surface area contributed by atoms with Crippen molar-refractivity contribution in [1.29, 1.82) is 0 Å². The van der Waals surface area contributed by atoms with Gasteiger partial charge in [0.1, 0.15) is 5.75 Å². The van der Waals surface area contributed by atoms with Gasteiger partial charge in [0.25, 0.3) is 0 Å². The summed E-state index contributed by atoms with van der Waals surface area (Å²) in [6.07, 6.45) is 2.32. The van der Waals surface area contributed by atoms with Crippen molar-refractivity contribution in [1.82, 2.24) is 5.32 Å². The summed E-state index contributed by atoms with van der Waals surface area (Å²) in [6.45, 7) is 0.624. The molecule has 1 aliphatic rings. The maximum atomic E-state index is 10.3. The van der Waals surface area contributed by atoms with Crippen molar-refractivity contribution in [3.05, 3.63) is 70.9 Å². The van der Waals surface area contributed by atoms with Crippen LogP contribution in [0, 0.1) is 0 Å². The first kappa shape index (κ1) is 16.7. The highest BCUT2D eigenvalue weighted by Crippen LogP contribution is 2.30. The van der Waals surface area contributed by atoms with Gasteiger partial charge in [-0.05, 0) is 47.5 Å². The SMILES string of the molecule is Oc1ccc(-c2ccccc2)cc1NC(=NCc1cccs1)NC1CC1. The number of aromatic hydroxyl groups is 1. The van der Waals surface area contributed by atoms with E-state index in [4.69, 9.17) is 0 Å². The van der Waals surface area contributed by atoms with Crippen LogP contribution in [0.15, 0.2) is 71.0 Å². The van der Waals surface area contributed by atoms with E-state index >= 15 is 0 Å². The average molecular weight is 363 g/mol. The van der Waals surface area contributed by atoms with Crippen LogP contribution in [0.25, 0.3) is 11.1 Å². The molecular weight excluding hydrogens is 342 g/mol. The Hall–Kier alpha value is -2.79. The van der Waals surface area contributed by atoms with Crippen LogP contribution in [0.2, 0.25) is 0 Å². The van der Waals surface area contributed by atoms with Crippen LogP contribution in [0.5, 0.6) is 5.75 Å². The predicted octanol–water partition coefficient (Wildman–Crippen LogP) is 4.84. The van der Waals surface area contributed by atoms with Gasteiger partial charge in [0.05, 0.1) is 12.2 Å². The molecular formula is C21H21N3OS. The first-order chi connectivity index (χ1) is 12.8. The smallest absolute Gasteiger partial charge is 0.196 e. The zero-order valence-corrected chi connectivity index (χ0v) is 15.2. The molecule has 5 heteroatoms. The largest absolute Gasteiger partial charge is 0.506 e. The lowest BCUT2D eigenvalue weighted by molar-refractivity contribution is 0.478. The molecule has 0 amide bonds. The monoisotopic (exact) mass is 363 g/mol. The van der Waals surface area contributed by atoms with Crippen LogP contribution >= 0.6 is 11.3 Å². The highest BCUT2D eigenvalue weighted by molar-refractivity contribution is 7.09. The van der Waals surface area contributed by atoms with Crippen LogP contribution in [-0.2, 0) is 6.54 Å². The number of thiophene rings is 1. The van der Waals surface area contributed by atoms with Crippen molar-refractivity contribution in [3.63, 3.8) is 0 Å². The van der Waals surface area contributed by atoms with Crippen LogP contribution < -0.4 is 10.6 Å². The lowest BCUT2D eigenvalue weighted by atomic mass is 10.0. The standard InChI is InChI=1S/C21H21N3OS/c25-20-11-8-16(15-5-2-1-3-6-15)13-19(20)24-21(23-17-9-10-17)22-14-18-7-4-12-26-18/h1-8,11-13,17,25H,9-10,14H2,(H2,22,23,24). The number of hydrogen-bond acceptors (Lipinski definition) is 3. The third kappa shape index (κ3) is 4.24. The molecule has 4 rings (SSSR count). The minimum atomic E-state index is 0.214. The van der Waals surface area contributed by atoms with E-state index < -0.39 is 0 Å². The number of guanidine groups is 1. The molecule has 1 fully saturated rings. The van der Waals surface area contributed by atoms with Crippen molar-refractivity contribution in [3.8, 4) is 16.9 Å². The van der Waals surface area contributed by atoms with E-state index in [1.54, 1.807) is 17.4 Å². The number of phenolic OH excluding ortho intramolecular Hbond substituents is 1. The van der Waals surface area contributed by atoms with E-state index in [0.717, 1.165) is 24.0 Å². The zero-order chi connectivity index (χ0) is 17.8. The maximum Gasteiger partial charge on any atom is 0.196 e. The van der Waals surface area contributed by atoms with E-state index in [-0.39, 0.29) is 5.75 Å². The molecule has 0 atom stereocenters. The Morgan fingerprint density at radius 2 is 1.88 bits per heavy atom.